The first-order chi connectivity index (χ1) is 15.6. The van der Waals surface area contributed by atoms with E-state index in [2.05, 4.69) is 91.0 Å². The summed E-state index contributed by atoms with van der Waals surface area (Å²) in [5, 5.41) is 19.4. The van der Waals surface area contributed by atoms with Gasteiger partial charge in [-0.3, -0.25) is 0 Å². The van der Waals surface area contributed by atoms with Crippen LogP contribution in [0.1, 0.15) is 38.5 Å². The zero-order valence-corrected chi connectivity index (χ0v) is 19.0. The molecule has 4 nitrogen and oxygen atoms in total. The average molecular weight is 450 g/mol. The zero-order valence-electron chi connectivity index (χ0n) is 18.1. The van der Waals surface area contributed by atoms with E-state index in [0.717, 1.165) is 5.66 Å². The summed E-state index contributed by atoms with van der Waals surface area (Å²) < 4.78 is 0. The Balaban J connectivity index is 0.000000427. The van der Waals surface area contributed by atoms with Crippen LogP contribution in [0.15, 0.2) is 91.0 Å². The normalized spacial score (nSPS) is 14.5. The second-order valence-electron chi connectivity index (χ2n) is 7.99. The van der Waals surface area contributed by atoms with E-state index in [9.17, 15) is 0 Å². The van der Waals surface area contributed by atoms with Gasteiger partial charge in [0.15, 0.2) is 0 Å². The SMILES string of the molecule is O=C(O)C(=O)O.c1ccc([P+](c2ccccc2)(c2ccccc2)C2CCCCCC2)cc1. The lowest BCUT2D eigenvalue weighted by Crippen LogP contribution is -2.38. The number of benzene rings is 3. The molecule has 1 aliphatic carbocycles. The highest BCUT2D eigenvalue weighted by atomic mass is 31.2. The van der Waals surface area contributed by atoms with Crippen molar-refractivity contribution in [3.05, 3.63) is 91.0 Å². The molecule has 0 atom stereocenters. The Morgan fingerprint density at radius 2 is 0.875 bits per heavy atom. The minimum absolute atomic E-state index is 0.747. The highest BCUT2D eigenvalue weighted by molar-refractivity contribution is 7.96. The third-order valence-corrected chi connectivity index (χ3v) is 11.0. The maximum Gasteiger partial charge on any atom is 0.414 e. The van der Waals surface area contributed by atoms with Gasteiger partial charge in [-0.05, 0) is 62.1 Å². The van der Waals surface area contributed by atoms with Gasteiger partial charge in [-0.1, -0.05) is 67.4 Å². The van der Waals surface area contributed by atoms with E-state index >= 15 is 0 Å². The molecule has 0 saturated heterocycles. The molecule has 166 valence electrons. The number of carboxylic acids is 2. The molecule has 1 saturated carbocycles. The summed E-state index contributed by atoms with van der Waals surface area (Å²) in [6.07, 6.45) is 8.25. The van der Waals surface area contributed by atoms with E-state index in [1.807, 2.05) is 0 Å². The maximum atomic E-state index is 9.10. The van der Waals surface area contributed by atoms with Crippen molar-refractivity contribution in [1.29, 1.82) is 0 Å². The summed E-state index contributed by atoms with van der Waals surface area (Å²) >= 11 is 0. The molecule has 0 aliphatic heterocycles. The van der Waals surface area contributed by atoms with Crippen molar-refractivity contribution in [3.8, 4) is 0 Å². The second-order valence-corrected chi connectivity index (χ2v) is 11.7. The van der Waals surface area contributed by atoms with Gasteiger partial charge < -0.3 is 10.2 Å². The molecule has 0 aromatic heterocycles. The molecule has 1 aliphatic rings. The van der Waals surface area contributed by atoms with Crippen LogP contribution >= 0.6 is 7.26 Å². The van der Waals surface area contributed by atoms with E-state index in [1.54, 1.807) is 15.9 Å². The third kappa shape index (κ3) is 5.44. The molecule has 3 aromatic rings. The van der Waals surface area contributed by atoms with E-state index < -0.39 is 19.2 Å². The zero-order chi connectivity index (χ0) is 22.8. The first-order valence-corrected chi connectivity index (χ1v) is 12.9. The van der Waals surface area contributed by atoms with Gasteiger partial charge in [0, 0.05) is 0 Å². The standard InChI is InChI=1S/C25H28P.C2H2O4/c1-2-7-15-22(14-6-1)26(23-16-8-3-9-17-23,24-18-10-4-11-19-24)25-20-12-5-13-21-25;3-1(4)2(5)6/h3-5,8-13,16-22H,1-2,6-7,14-15H2;(H,3,4)(H,5,6)/q+1;. The molecule has 0 radical (unpaired) electrons. The monoisotopic (exact) mass is 449 g/mol. The van der Waals surface area contributed by atoms with Crippen LogP contribution in [0.4, 0.5) is 0 Å². The molecule has 3 aromatic carbocycles. The first-order valence-electron chi connectivity index (χ1n) is 11.1. The Morgan fingerprint density at radius 3 is 1.16 bits per heavy atom. The van der Waals surface area contributed by atoms with Gasteiger partial charge in [-0.2, -0.15) is 0 Å². The number of hydrogen-bond donors (Lipinski definition) is 2. The fourth-order valence-electron chi connectivity index (χ4n) is 4.71. The summed E-state index contributed by atoms with van der Waals surface area (Å²) in [5.41, 5.74) is 0.747. The number of carbonyl (C=O) groups is 2. The minimum Gasteiger partial charge on any atom is -0.473 e. The first kappa shape index (κ1) is 23.7. The van der Waals surface area contributed by atoms with E-state index in [1.165, 1.54) is 38.5 Å². The molecule has 0 spiro atoms. The fourth-order valence-corrected chi connectivity index (χ4v) is 9.94. The smallest absolute Gasteiger partial charge is 0.414 e. The van der Waals surface area contributed by atoms with Gasteiger partial charge in [0.25, 0.3) is 0 Å². The van der Waals surface area contributed by atoms with Crippen LogP contribution < -0.4 is 15.9 Å². The summed E-state index contributed by atoms with van der Waals surface area (Å²) in [7, 11) is -1.66. The summed E-state index contributed by atoms with van der Waals surface area (Å²) in [5.74, 6) is -3.65. The molecular formula is C27H30O4P+. The highest BCUT2D eigenvalue weighted by Crippen LogP contribution is 2.62. The van der Waals surface area contributed by atoms with Crippen molar-refractivity contribution in [2.24, 2.45) is 0 Å². The quantitative estimate of drug-likeness (QED) is 0.339. The van der Waals surface area contributed by atoms with Gasteiger partial charge >= 0.3 is 11.9 Å². The van der Waals surface area contributed by atoms with Crippen molar-refractivity contribution in [2.45, 2.75) is 44.2 Å². The van der Waals surface area contributed by atoms with Crippen LogP contribution in [0.25, 0.3) is 0 Å². The number of aliphatic carboxylic acids is 2. The average Bonchev–Trinajstić information content (AvgIpc) is 3.12. The molecule has 0 bridgehead atoms. The van der Waals surface area contributed by atoms with E-state index in [4.69, 9.17) is 19.8 Å². The summed E-state index contributed by atoms with van der Waals surface area (Å²) in [4.78, 5) is 18.2. The van der Waals surface area contributed by atoms with Crippen molar-refractivity contribution < 1.29 is 19.8 Å². The van der Waals surface area contributed by atoms with Crippen LogP contribution in [-0.2, 0) is 9.59 Å². The van der Waals surface area contributed by atoms with Crippen LogP contribution in [0.3, 0.4) is 0 Å². The van der Waals surface area contributed by atoms with Crippen molar-refractivity contribution >= 4 is 35.1 Å². The summed E-state index contributed by atoms with van der Waals surface area (Å²) in [6.45, 7) is 0. The highest BCUT2D eigenvalue weighted by Gasteiger charge is 2.51. The molecule has 1 fully saturated rings. The molecule has 0 unspecified atom stereocenters. The van der Waals surface area contributed by atoms with Crippen LogP contribution in [0.5, 0.6) is 0 Å². The lowest BCUT2D eigenvalue weighted by molar-refractivity contribution is -0.159. The lowest BCUT2D eigenvalue weighted by atomic mass is 10.2. The van der Waals surface area contributed by atoms with Crippen LogP contribution in [0.2, 0.25) is 0 Å². The van der Waals surface area contributed by atoms with Crippen molar-refractivity contribution in [2.75, 3.05) is 0 Å². The Kier molecular flexibility index (Phi) is 8.58. The fraction of sp³-hybridized carbons (Fsp3) is 0.259. The minimum atomic E-state index is -1.82. The maximum absolute atomic E-state index is 9.10. The van der Waals surface area contributed by atoms with Crippen LogP contribution in [0, 0.1) is 0 Å². The second kappa shape index (κ2) is 11.6. The van der Waals surface area contributed by atoms with Gasteiger partial charge in [0.2, 0.25) is 0 Å². The molecule has 0 amide bonds. The van der Waals surface area contributed by atoms with E-state index in [-0.39, 0.29) is 0 Å². The molecule has 32 heavy (non-hydrogen) atoms. The molecule has 2 N–H and O–H groups in total. The largest absolute Gasteiger partial charge is 0.473 e. The number of rotatable bonds is 4. The Morgan fingerprint density at radius 1 is 0.562 bits per heavy atom. The molecule has 5 heteroatoms. The topological polar surface area (TPSA) is 74.6 Å². The third-order valence-electron chi connectivity index (χ3n) is 6.05. The Labute approximate surface area is 190 Å². The molecule has 4 rings (SSSR count). The van der Waals surface area contributed by atoms with Crippen molar-refractivity contribution in [1.82, 2.24) is 0 Å². The van der Waals surface area contributed by atoms with Gasteiger partial charge in [-0.15, -0.1) is 0 Å². The molecule has 0 heterocycles. The van der Waals surface area contributed by atoms with Gasteiger partial charge in [0.1, 0.15) is 23.2 Å². The summed E-state index contributed by atoms with van der Waals surface area (Å²) in [6, 6.07) is 34.2. The van der Waals surface area contributed by atoms with Crippen molar-refractivity contribution in [3.63, 3.8) is 0 Å². The predicted molar refractivity (Wildman–Crippen MR) is 132 cm³/mol. The number of hydrogen-bond acceptors (Lipinski definition) is 2. The van der Waals surface area contributed by atoms with E-state index in [0.29, 0.717) is 0 Å². The van der Waals surface area contributed by atoms with Gasteiger partial charge in [-0.25, -0.2) is 9.59 Å². The van der Waals surface area contributed by atoms with Crippen LogP contribution in [-0.4, -0.2) is 27.8 Å². The Bertz CT molecular complexity index is 873. The van der Waals surface area contributed by atoms with Gasteiger partial charge in [0.05, 0.1) is 5.66 Å². The number of carboxylic acid groups (broad SMARTS) is 2. The Hall–Kier alpha value is -2.97. The predicted octanol–water partition coefficient (Wildman–Crippen LogP) is 4.86. The lowest BCUT2D eigenvalue weighted by Gasteiger charge is -2.34. The molecular weight excluding hydrogens is 419 g/mol.